The molecule has 0 fully saturated rings. The first-order valence-electron chi connectivity index (χ1n) is 4.09. The second kappa shape index (κ2) is 7.59. The van der Waals surface area contributed by atoms with Crippen LogP contribution in [-0.4, -0.2) is 24.3 Å². The second-order valence-corrected chi connectivity index (χ2v) is 2.68. The van der Waals surface area contributed by atoms with Gasteiger partial charge in [-0.1, -0.05) is 0 Å². The molecule has 0 rings (SSSR count). The van der Waals surface area contributed by atoms with Gasteiger partial charge in [-0.25, -0.2) is 0 Å². The molecule has 0 aromatic heterocycles. The smallest absolute Gasteiger partial charge is 0.0445 e. The number of hydrogen-bond acceptors (Lipinski definition) is 2. The zero-order valence-electron chi connectivity index (χ0n) is 7.14. The molecule has 0 aliphatic carbocycles. The number of aliphatic hydroxyl groups is 1. The van der Waals surface area contributed by atoms with Gasteiger partial charge >= 0.3 is 0 Å². The predicted octanol–water partition coefficient (Wildman–Crippen LogP) is 0.760. The summed E-state index contributed by atoms with van der Waals surface area (Å²) in [6.45, 7) is 3.26. The van der Waals surface area contributed by atoms with Gasteiger partial charge in [-0.05, 0) is 26.3 Å². The molecule has 0 spiro atoms. The summed E-state index contributed by atoms with van der Waals surface area (Å²) >= 11 is 0. The molecule has 0 saturated heterocycles. The fourth-order valence-electron chi connectivity index (χ4n) is 0.835. The van der Waals surface area contributed by atoms with Gasteiger partial charge in [-0.15, -0.1) is 12.3 Å². The molecule has 2 N–H and O–H groups in total. The van der Waals surface area contributed by atoms with Gasteiger partial charge in [-0.2, -0.15) is 0 Å². The lowest BCUT2D eigenvalue weighted by Gasteiger charge is -2.10. The highest BCUT2D eigenvalue weighted by Gasteiger charge is 1.97. The molecule has 0 aromatic carbocycles. The minimum absolute atomic E-state index is 0.253. The Morgan fingerprint density at radius 2 is 2.36 bits per heavy atom. The Morgan fingerprint density at radius 1 is 1.64 bits per heavy atom. The third kappa shape index (κ3) is 7.38. The van der Waals surface area contributed by atoms with Crippen LogP contribution in [0.5, 0.6) is 0 Å². The number of hydrogen-bond donors (Lipinski definition) is 2. The van der Waals surface area contributed by atoms with Crippen LogP contribution in [0, 0.1) is 12.3 Å². The summed E-state index contributed by atoms with van der Waals surface area (Å²) in [6.07, 6.45) is 7.75. The first-order valence-corrected chi connectivity index (χ1v) is 4.09. The first-order chi connectivity index (χ1) is 5.31. The monoisotopic (exact) mass is 155 g/mol. The summed E-state index contributed by atoms with van der Waals surface area (Å²) in [5, 5.41) is 11.8. The molecular weight excluding hydrogens is 138 g/mol. The number of terminal acetylenes is 1. The number of aliphatic hydroxyl groups excluding tert-OH is 1. The van der Waals surface area contributed by atoms with Crippen LogP contribution >= 0.6 is 0 Å². The van der Waals surface area contributed by atoms with Gasteiger partial charge in [0.25, 0.3) is 0 Å². The van der Waals surface area contributed by atoms with E-state index in [4.69, 9.17) is 11.5 Å². The van der Waals surface area contributed by atoms with Crippen molar-refractivity contribution in [1.29, 1.82) is 0 Å². The van der Waals surface area contributed by atoms with E-state index < -0.39 is 0 Å². The Hall–Kier alpha value is -0.520. The van der Waals surface area contributed by atoms with Crippen molar-refractivity contribution in [3.63, 3.8) is 0 Å². The molecule has 11 heavy (non-hydrogen) atoms. The number of nitrogens with one attached hydrogen (secondary N) is 1. The standard InChI is InChI=1S/C9H17NO/c1-3-4-5-7-10-9(2)6-8-11/h1,9-11H,4-8H2,2H3. The number of unbranched alkanes of at least 4 members (excludes halogenated alkanes) is 1. The third-order valence-corrected chi connectivity index (χ3v) is 1.55. The van der Waals surface area contributed by atoms with E-state index in [1.54, 1.807) is 0 Å². The van der Waals surface area contributed by atoms with Crippen LogP contribution < -0.4 is 5.32 Å². The van der Waals surface area contributed by atoms with E-state index in [0.29, 0.717) is 6.04 Å². The second-order valence-electron chi connectivity index (χ2n) is 2.68. The largest absolute Gasteiger partial charge is 0.396 e. The normalized spacial score (nSPS) is 12.5. The van der Waals surface area contributed by atoms with Crippen LogP contribution in [0.3, 0.4) is 0 Å². The number of rotatable bonds is 6. The molecule has 1 atom stereocenters. The minimum atomic E-state index is 0.253. The fraction of sp³-hybridized carbons (Fsp3) is 0.778. The van der Waals surface area contributed by atoms with Crippen LogP contribution in [0.1, 0.15) is 26.2 Å². The van der Waals surface area contributed by atoms with Gasteiger partial charge in [0.1, 0.15) is 0 Å². The highest BCUT2D eigenvalue weighted by Crippen LogP contribution is 1.90. The van der Waals surface area contributed by atoms with E-state index in [1.807, 2.05) is 0 Å². The molecule has 1 unspecified atom stereocenters. The summed E-state index contributed by atoms with van der Waals surface area (Å²) in [4.78, 5) is 0. The minimum Gasteiger partial charge on any atom is -0.396 e. The molecule has 2 heteroatoms. The van der Waals surface area contributed by atoms with Crippen molar-refractivity contribution in [2.24, 2.45) is 0 Å². The molecule has 0 radical (unpaired) electrons. The van der Waals surface area contributed by atoms with E-state index in [9.17, 15) is 0 Å². The van der Waals surface area contributed by atoms with Crippen molar-refractivity contribution >= 4 is 0 Å². The van der Waals surface area contributed by atoms with Crippen LogP contribution in [0.2, 0.25) is 0 Å². The van der Waals surface area contributed by atoms with Crippen molar-refractivity contribution in [2.45, 2.75) is 32.2 Å². The fourth-order valence-corrected chi connectivity index (χ4v) is 0.835. The average molecular weight is 155 g/mol. The van der Waals surface area contributed by atoms with Gasteiger partial charge in [0.2, 0.25) is 0 Å². The average Bonchev–Trinajstić information content (AvgIpc) is 1.99. The highest BCUT2D eigenvalue weighted by atomic mass is 16.3. The molecule has 0 heterocycles. The summed E-state index contributed by atoms with van der Waals surface area (Å²) in [7, 11) is 0. The van der Waals surface area contributed by atoms with Gasteiger partial charge in [0.15, 0.2) is 0 Å². The van der Waals surface area contributed by atoms with Crippen LogP contribution in [0.4, 0.5) is 0 Å². The Balaban J connectivity index is 3.05. The molecule has 0 saturated carbocycles. The summed E-state index contributed by atoms with van der Waals surface area (Å²) < 4.78 is 0. The molecule has 2 nitrogen and oxygen atoms in total. The molecule has 0 aliphatic heterocycles. The summed E-state index contributed by atoms with van der Waals surface area (Å²) in [6, 6.07) is 0.401. The molecule has 64 valence electrons. The van der Waals surface area contributed by atoms with E-state index in [-0.39, 0.29) is 6.61 Å². The Morgan fingerprint density at radius 3 is 2.91 bits per heavy atom. The van der Waals surface area contributed by atoms with Crippen molar-refractivity contribution in [3.05, 3.63) is 0 Å². The highest BCUT2D eigenvalue weighted by molar-refractivity contribution is 4.83. The summed E-state index contributed by atoms with van der Waals surface area (Å²) in [5.41, 5.74) is 0. The zero-order chi connectivity index (χ0) is 8.53. The van der Waals surface area contributed by atoms with E-state index in [2.05, 4.69) is 18.2 Å². The topological polar surface area (TPSA) is 32.3 Å². The van der Waals surface area contributed by atoms with E-state index >= 15 is 0 Å². The van der Waals surface area contributed by atoms with Gasteiger partial charge in [0.05, 0.1) is 0 Å². The van der Waals surface area contributed by atoms with Crippen molar-refractivity contribution in [2.75, 3.05) is 13.2 Å². The van der Waals surface area contributed by atoms with Gasteiger partial charge < -0.3 is 10.4 Å². The molecular formula is C9H17NO. The third-order valence-electron chi connectivity index (χ3n) is 1.55. The lowest BCUT2D eigenvalue weighted by Crippen LogP contribution is -2.27. The quantitative estimate of drug-likeness (QED) is 0.438. The van der Waals surface area contributed by atoms with Crippen LogP contribution in [0.15, 0.2) is 0 Å². The summed E-state index contributed by atoms with van der Waals surface area (Å²) in [5.74, 6) is 2.58. The lowest BCUT2D eigenvalue weighted by atomic mass is 10.2. The lowest BCUT2D eigenvalue weighted by molar-refractivity contribution is 0.269. The van der Waals surface area contributed by atoms with E-state index in [0.717, 1.165) is 25.8 Å². The SMILES string of the molecule is C#CCCCNC(C)CCO. The maximum absolute atomic E-state index is 8.57. The van der Waals surface area contributed by atoms with Gasteiger partial charge in [0, 0.05) is 19.1 Å². The Kier molecular flexibility index (Phi) is 7.23. The Bertz CT molecular complexity index is 117. The Labute approximate surface area is 69.0 Å². The molecule has 0 aromatic rings. The van der Waals surface area contributed by atoms with Crippen molar-refractivity contribution in [1.82, 2.24) is 5.32 Å². The maximum atomic E-state index is 8.57. The van der Waals surface area contributed by atoms with Crippen molar-refractivity contribution < 1.29 is 5.11 Å². The predicted molar refractivity (Wildman–Crippen MR) is 47.2 cm³/mol. The molecule has 0 bridgehead atoms. The van der Waals surface area contributed by atoms with Crippen LogP contribution in [-0.2, 0) is 0 Å². The maximum Gasteiger partial charge on any atom is 0.0445 e. The zero-order valence-corrected chi connectivity index (χ0v) is 7.14. The van der Waals surface area contributed by atoms with E-state index in [1.165, 1.54) is 0 Å². The van der Waals surface area contributed by atoms with Crippen molar-refractivity contribution in [3.8, 4) is 12.3 Å². The first kappa shape index (κ1) is 10.5. The molecule has 0 amide bonds. The van der Waals surface area contributed by atoms with Crippen LogP contribution in [0.25, 0.3) is 0 Å². The van der Waals surface area contributed by atoms with Gasteiger partial charge in [-0.3, -0.25) is 0 Å². The molecule has 0 aliphatic rings.